The van der Waals surface area contributed by atoms with E-state index in [0.29, 0.717) is 28.7 Å². The van der Waals surface area contributed by atoms with Crippen LogP contribution in [0, 0.1) is 0 Å². The summed E-state index contributed by atoms with van der Waals surface area (Å²) in [4.78, 5) is 4.55. The lowest BCUT2D eigenvalue weighted by atomic mass is 10.0. The van der Waals surface area contributed by atoms with Crippen LogP contribution < -0.4 is 23.7 Å². The minimum atomic E-state index is 0.555. The third kappa shape index (κ3) is 3.06. The Bertz CT molecular complexity index is 914. The second kappa shape index (κ2) is 7.39. The van der Waals surface area contributed by atoms with Gasteiger partial charge in [0, 0.05) is 23.2 Å². The molecule has 0 unspecified atom stereocenters. The van der Waals surface area contributed by atoms with Crippen LogP contribution in [-0.4, -0.2) is 40.5 Å². The van der Waals surface area contributed by atoms with E-state index in [9.17, 15) is 0 Å². The van der Waals surface area contributed by atoms with Crippen molar-refractivity contribution in [3.05, 3.63) is 36.5 Å². The van der Waals surface area contributed by atoms with E-state index in [2.05, 4.69) is 4.98 Å². The summed E-state index contributed by atoms with van der Waals surface area (Å²) in [5.74, 6) is 3.04. The number of nitrogens with zero attached hydrogens (tertiary/aromatic N) is 1. The molecule has 0 spiro atoms. The molecule has 2 aromatic carbocycles. The standard InChI is InChI=1S/C20H21NO5/c1-22-16-9-13-6-14(11-21-15(13)10-17(16)23-2)12-7-18(24-3)20(26-5)19(8-12)25-4/h6-11H,1-5H3. The highest BCUT2D eigenvalue weighted by atomic mass is 16.5. The van der Waals surface area contributed by atoms with Gasteiger partial charge in [-0.05, 0) is 29.8 Å². The van der Waals surface area contributed by atoms with Crippen LogP contribution in [0.3, 0.4) is 0 Å². The zero-order valence-corrected chi connectivity index (χ0v) is 15.5. The smallest absolute Gasteiger partial charge is 0.203 e. The van der Waals surface area contributed by atoms with Gasteiger partial charge in [0.1, 0.15) is 0 Å². The number of hydrogen-bond acceptors (Lipinski definition) is 6. The van der Waals surface area contributed by atoms with Crippen LogP contribution in [0.2, 0.25) is 0 Å². The number of methoxy groups -OCH3 is 5. The van der Waals surface area contributed by atoms with Crippen molar-refractivity contribution < 1.29 is 23.7 Å². The van der Waals surface area contributed by atoms with Crippen LogP contribution in [0.4, 0.5) is 0 Å². The molecule has 1 heterocycles. The number of ether oxygens (including phenoxy) is 5. The van der Waals surface area contributed by atoms with Gasteiger partial charge in [-0.1, -0.05) is 0 Å². The molecular weight excluding hydrogens is 334 g/mol. The molecule has 0 fully saturated rings. The van der Waals surface area contributed by atoms with Gasteiger partial charge in [0.05, 0.1) is 41.1 Å². The molecule has 0 amide bonds. The van der Waals surface area contributed by atoms with Gasteiger partial charge in [-0.3, -0.25) is 4.98 Å². The maximum absolute atomic E-state index is 5.43. The topological polar surface area (TPSA) is 59.0 Å². The Morgan fingerprint density at radius 2 is 1.15 bits per heavy atom. The summed E-state index contributed by atoms with van der Waals surface area (Å²) >= 11 is 0. The second-order valence-electron chi connectivity index (χ2n) is 5.54. The molecule has 0 saturated carbocycles. The highest BCUT2D eigenvalue weighted by molar-refractivity contribution is 5.87. The van der Waals surface area contributed by atoms with E-state index in [1.807, 2.05) is 30.3 Å². The van der Waals surface area contributed by atoms with Gasteiger partial charge in [0.2, 0.25) is 5.75 Å². The fraction of sp³-hybridized carbons (Fsp3) is 0.250. The fourth-order valence-electron chi connectivity index (χ4n) is 2.86. The molecule has 3 aromatic rings. The Labute approximate surface area is 152 Å². The van der Waals surface area contributed by atoms with Crippen molar-refractivity contribution in [1.82, 2.24) is 4.98 Å². The van der Waals surface area contributed by atoms with Crippen LogP contribution in [0.5, 0.6) is 28.7 Å². The summed E-state index contributed by atoms with van der Waals surface area (Å²) < 4.78 is 27.0. The minimum Gasteiger partial charge on any atom is -0.493 e. The highest BCUT2D eigenvalue weighted by Crippen LogP contribution is 2.41. The van der Waals surface area contributed by atoms with Crippen molar-refractivity contribution in [2.24, 2.45) is 0 Å². The summed E-state index contributed by atoms with van der Waals surface area (Å²) in [5.41, 5.74) is 2.64. The third-order valence-corrected chi connectivity index (χ3v) is 4.18. The molecule has 0 aliphatic rings. The van der Waals surface area contributed by atoms with E-state index in [0.717, 1.165) is 22.0 Å². The number of hydrogen-bond donors (Lipinski definition) is 0. The predicted molar refractivity (Wildman–Crippen MR) is 99.9 cm³/mol. The third-order valence-electron chi connectivity index (χ3n) is 4.18. The summed E-state index contributed by atoms with van der Waals surface area (Å²) in [5, 5.41) is 0.939. The molecule has 26 heavy (non-hydrogen) atoms. The molecule has 6 nitrogen and oxygen atoms in total. The molecule has 0 radical (unpaired) electrons. The lowest BCUT2D eigenvalue weighted by molar-refractivity contribution is 0.324. The molecule has 0 aliphatic carbocycles. The average molecular weight is 355 g/mol. The monoisotopic (exact) mass is 355 g/mol. The van der Waals surface area contributed by atoms with Crippen LogP contribution in [0.25, 0.3) is 22.0 Å². The Balaban J connectivity index is 2.16. The molecule has 0 bridgehead atoms. The van der Waals surface area contributed by atoms with Crippen molar-refractivity contribution in [3.63, 3.8) is 0 Å². The van der Waals surface area contributed by atoms with Crippen molar-refractivity contribution in [3.8, 4) is 39.9 Å². The number of benzene rings is 2. The van der Waals surface area contributed by atoms with Crippen molar-refractivity contribution in [2.75, 3.05) is 35.5 Å². The number of fused-ring (bicyclic) bond motifs is 1. The normalized spacial score (nSPS) is 10.5. The Morgan fingerprint density at radius 3 is 1.69 bits per heavy atom. The Morgan fingerprint density at radius 1 is 0.577 bits per heavy atom. The first-order valence-corrected chi connectivity index (χ1v) is 7.97. The first kappa shape index (κ1) is 17.7. The van der Waals surface area contributed by atoms with Crippen molar-refractivity contribution in [2.45, 2.75) is 0 Å². The van der Waals surface area contributed by atoms with Crippen LogP contribution in [0.15, 0.2) is 36.5 Å². The molecule has 3 rings (SSSR count). The molecule has 0 saturated heterocycles. The Kier molecular flexibility index (Phi) is 5.02. The molecule has 0 aliphatic heterocycles. The first-order valence-electron chi connectivity index (χ1n) is 7.97. The SMILES string of the molecule is COc1cc2cc(-c3cc(OC)c(OC)c(OC)c3)cnc2cc1OC. The molecular formula is C20H21NO5. The van der Waals surface area contributed by atoms with Gasteiger partial charge in [-0.25, -0.2) is 0 Å². The fourth-order valence-corrected chi connectivity index (χ4v) is 2.86. The van der Waals surface area contributed by atoms with Crippen LogP contribution >= 0.6 is 0 Å². The number of rotatable bonds is 6. The molecule has 1 aromatic heterocycles. The molecule has 0 atom stereocenters. The number of pyridine rings is 1. The molecule has 0 N–H and O–H groups in total. The lowest BCUT2D eigenvalue weighted by Crippen LogP contribution is -1.96. The van der Waals surface area contributed by atoms with Crippen LogP contribution in [0.1, 0.15) is 0 Å². The van der Waals surface area contributed by atoms with Gasteiger partial charge in [-0.15, -0.1) is 0 Å². The van der Waals surface area contributed by atoms with Crippen LogP contribution in [-0.2, 0) is 0 Å². The quantitative estimate of drug-likeness (QED) is 0.667. The van der Waals surface area contributed by atoms with Gasteiger partial charge in [-0.2, -0.15) is 0 Å². The minimum absolute atomic E-state index is 0.555. The van der Waals surface area contributed by atoms with E-state index in [-0.39, 0.29) is 0 Å². The highest BCUT2D eigenvalue weighted by Gasteiger charge is 2.15. The summed E-state index contributed by atoms with van der Waals surface area (Å²) in [7, 11) is 7.99. The lowest BCUT2D eigenvalue weighted by Gasteiger charge is -2.14. The average Bonchev–Trinajstić information content (AvgIpc) is 2.70. The summed E-state index contributed by atoms with van der Waals surface area (Å²) in [6.45, 7) is 0. The summed E-state index contributed by atoms with van der Waals surface area (Å²) in [6.07, 6.45) is 1.80. The maximum atomic E-state index is 5.43. The zero-order chi connectivity index (χ0) is 18.7. The van der Waals surface area contributed by atoms with Gasteiger partial charge >= 0.3 is 0 Å². The van der Waals surface area contributed by atoms with Gasteiger partial charge in [0.15, 0.2) is 23.0 Å². The van der Waals surface area contributed by atoms with Gasteiger partial charge in [0.25, 0.3) is 0 Å². The van der Waals surface area contributed by atoms with Crippen molar-refractivity contribution >= 4 is 10.9 Å². The Hall–Kier alpha value is -3.15. The number of aromatic nitrogens is 1. The van der Waals surface area contributed by atoms with E-state index in [1.54, 1.807) is 41.7 Å². The van der Waals surface area contributed by atoms with E-state index in [4.69, 9.17) is 23.7 Å². The van der Waals surface area contributed by atoms with Gasteiger partial charge < -0.3 is 23.7 Å². The maximum Gasteiger partial charge on any atom is 0.203 e. The van der Waals surface area contributed by atoms with E-state index < -0.39 is 0 Å². The van der Waals surface area contributed by atoms with E-state index in [1.165, 1.54) is 0 Å². The second-order valence-corrected chi connectivity index (χ2v) is 5.54. The largest absolute Gasteiger partial charge is 0.493 e. The van der Waals surface area contributed by atoms with E-state index >= 15 is 0 Å². The summed E-state index contributed by atoms with van der Waals surface area (Å²) in [6, 6.07) is 9.58. The molecule has 6 heteroatoms. The van der Waals surface area contributed by atoms with Crippen molar-refractivity contribution in [1.29, 1.82) is 0 Å². The zero-order valence-electron chi connectivity index (χ0n) is 15.5. The predicted octanol–water partition coefficient (Wildman–Crippen LogP) is 3.94. The molecule has 136 valence electrons. The first-order chi connectivity index (χ1) is 12.6.